The average Bonchev–Trinajstić information content (AvgIpc) is 3.22. The summed E-state index contributed by atoms with van der Waals surface area (Å²) in [5.41, 5.74) is 1.47. The highest BCUT2D eigenvalue weighted by Gasteiger charge is 2.33. The third kappa shape index (κ3) is 7.22. The fourth-order valence-electron chi connectivity index (χ4n) is 4.13. The number of ether oxygens (including phenoxy) is 1. The molecule has 0 radical (unpaired) electrons. The zero-order chi connectivity index (χ0) is 24.0. The maximum atomic E-state index is 12.6. The van der Waals surface area contributed by atoms with Gasteiger partial charge in [-0.1, -0.05) is 30.0 Å². The van der Waals surface area contributed by atoms with Gasteiger partial charge in [-0.25, -0.2) is 4.79 Å². The van der Waals surface area contributed by atoms with Crippen LogP contribution in [0.1, 0.15) is 52.0 Å². The van der Waals surface area contributed by atoms with E-state index < -0.39 is 11.7 Å². The van der Waals surface area contributed by atoms with Gasteiger partial charge in [0.25, 0.3) is 0 Å². The van der Waals surface area contributed by atoms with Crippen LogP contribution >= 0.6 is 11.8 Å². The van der Waals surface area contributed by atoms with Crippen LogP contribution in [-0.2, 0) is 25.5 Å². The molecule has 3 amide bonds. The van der Waals surface area contributed by atoms with Crippen molar-refractivity contribution in [2.75, 3.05) is 30.3 Å². The van der Waals surface area contributed by atoms with E-state index in [0.29, 0.717) is 13.1 Å². The summed E-state index contributed by atoms with van der Waals surface area (Å²) in [7, 11) is 0. The Hall–Kier alpha value is -2.55. The molecule has 1 aromatic rings. The summed E-state index contributed by atoms with van der Waals surface area (Å²) in [6.07, 6.45) is 3.10. The topological polar surface area (TPSA) is 96.0 Å². The molecule has 180 valence electrons. The van der Waals surface area contributed by atoms with E-state index in [0.717, 1.165) is 48.7 Å². The molecule has 0 unspecified atom stereocenters. The summed E-state index contributed by atoms with van der Waals surface area (Å²) in [6.45, 7) is 6.48. The van der Waals surface area contributed by atoms with Crippen molar-refractivity contribution in [1.82, 2.24) is 10.2 Å². The third-order valence-corrected chi connectivity index (χ3v) is 6.48. The number of carbonyl (C=O) groups is 4. The predicted molar refractivity (Wildman–Crippen MR) is 128 cm³/mol. The van der Waals surface area contributed by atoms with Crippen molar-refractivity contribution >= 4 is 40.5 Å². The molecule has 0 bridgehead atoms. The second-order valence-corrected chi connectivity index (χ2v) is 10.4. The van der Waals surface area contributed by atoms with E-state index in [4.69, 9.17) is 4.74 Å². The summed E-state index contributed by atoms with van der Waals surface area (Å²) >= 11 is 0.920. The number of aryl methyl sites for hydroxylation is 1. The second-order valence-electron chi connectivity index (χ2n) is 9.39. The minimum atomic E-state index is -0.593. The molecule has 2 aliphatic heterocycles. The van der Waals surface area contributed by atoms with Crippen molar-refractivity contribution in [3.63, 3.8) is 0 Å². The highest BCUT2D eigenvalue weighted by molar-refractivity contribution is 8.14. The van der Waals surface area contributed by atoms with Crippen LogP contribution in [-0.4, -0.2) is 65.0 Å². The van der Waals surface area contributed by atoms with Crippen LogP contribution in [0.5, 0.6) is 0 Å². The number of para-hydroxylation sites is 1. The van der Waals surface area contributed by atoms with Gasteiger partial charge in [-0.05, 0) is 58.1 Å². The van der Waals surface area contributed by atoms with Gasteiger partial charge >= 0.3 is 6.09 Å². The summed E-state index contributed by atoms with van der Waals surface area (Å²) in [6, 6.07) is 7.60. The molecule has 1 saturated heterocycles. The van der Waals surface area contributed by atoms with E-state index in [1.807, 2.05) is 24.3 Å². The fourth-order valence-corrected chi connectivity index (χ4v) is 4.74. The lowest BCUT2D eigenvalue weighted by Crippen LogP contribution is -2.42. The zero-order valence-electron chi connectivity index (χ0n) is 19.6. The Morgan fingerprint density at radius 3 is 2.64 bits per heavy atom. The number of rotatable bonds is 6. The Morgan fingerprint density at radius 1 is 1.12 bits per heavy atom. The van der Waals surface area contributed by atoms with E-state index in [9.17, 15) is 19.2 Å². The molecule has 8 nitrogen and oxygen atoms in total. The lowest BCUT2D eigenvalue weighted by Gasteiger charge is -2.29. The highest BCUT2D eigenvalue weighted by atomic mass is 32.2. The van der Waals surface area contributed by atoms with E-state index in [2.05, 4.69) is 5.32 Å². The number of nitrogens with one attached hydrogen (secondary N) is 1. The van der Waals surface area contributed by atoms with Gasteiger partial charge in [0.05, 0.1) is 12.3 Å². The molecule has 0 aliphatic carbocycles. The lowest BCUT2D eigenvalue weighted by atomic mass is 10.0. The Morgan fingerprint density at radius 2 is 1.88 bits per heavy atom. The predicted octanol–water partition coefficient (Wildman–Crippen LogP) is 3.13. The molecule has 2 heterocycles. The number of anilines is 1. The van der Waals surface area contributed by atoms with E-state index in [1.165, 1.54) is 0 Å². The van der Waals surface area contributed by atoms with Crippen molar-refractivity contribution in [2.45, 2.75) is 64.5 Å². The van der Waals surface area contributed by atoms with E-state index >= 15 is 0 Å². The smallest absolute Gasteiger partial charge is 0.410 e. The molecule has 0 spiro atoms. The molecule has 0 saturated carbocycles. The number of hydrogen-bond acceptors (Lipinski definition) is 6. The molecule has 1 N–H and O–H groups in total. The van der Waals surface area contributed by atoms with Gasteiger partial charge in [0.2, 0.25) is 16.9 Å². The number of carbonyl (C=O) groups excluding carboxylic acids is 4. The molecule has 1 aromatic carbocycles. The van der Waals surface area contributed by atoms with Crippen LogP contribution in [0, 0.1) is 0 Å². The second kappa shape index (κ2) is 11.0. The van der Waals surface area contributed by atoms with Gasteiger partial charge < -0.3 is 19.9 Å². The molecule has 0 aromatic heterocycles. The quantitative estimate of drug-likeness (QED) is 0.679. The van der Waals surface area contributed by atoms with Crippen LogP contribution in [0.2, 0.25) is 0 Å². The number of likely N-dealkylation sites (tertiary alicyclic amines) is 1. The molecular formula is C24H33N3O5S. The monoisotopic (exact) mass is 475 g/mol. The first-order valence-corrected chi connectivity index (χ1v) is 12.4. The van der Waals surface area contributed by atoms with Crippen LogP contribution in [0.15, 0.2) is 24.3 Å². The van der Waals surface area contributed by atoms with Gasteiger partial charge in [-0.2, -0.15) is 0 Å². The summed E-state index contributed by atoms with van der Waals surface area (Å²) in [5, 5.41) is 2.36. The minimum Gasteiger partial charge on any atom is -0.444 e. The summed E-state index contributed by atoms with van der Waals surface area (Å²) in [5.74, 6) is -0.357. The van der Waals surface area contributed by atoms with Crippen molar-refractivity contribution in [3.8, 4) is 0 Å². The number of benzene rings is 1. The number of amides is 3. The molecule has 3 rings (SSSR count). The molecule has 9 heteroatoms. The first kappa shape index (κ1) is 25.1. The first-order valence-electron chi connectivity index (χ1n) is 11.4. The number of nitrogens with zero attached hydrogens (tertiary/aromatic N) is 2. The standard InChI is InChI=1S/C24H33N3O5S/c1-24(2,3)32-23(31)26-12-7-10-18(26)14-20(28)25-15-22(30)33-16-21(29)27-13-6-9-17-8-4-5-11-19(17)27/h4-5,8,11,18H,6-7,9-10,12-16H2,1-3H3,(H,25,28)/t18-/m0/s1. The van der Waals surface area contributed by atoms with Gasteiger partial charge in [-0.3, -0.25) is 14.4 Å². The molecule has 2 aliphatic rings. The molecule has 33 heavy (non-hydrogen) atoms. The Bertz CT molecular complexity index is 898. The van der Waals surface area contributed by atoms with Gasteiger partial charge in [0, 0.05) is 31.2 Å². The van der Waals surface area contributed by atoms with Crippen molar-refractivity contribution in [2.24, 2.45) is 0 Å². The zero-order valence-corrected chi connectivity index (χ0v) is 20.4. The van der Waals surface area contributed by atoms with Gasteiger partial charge in [-0.15, -0.1) is 0 Å². The van der Waals surface area contributed by atoms with Crippen molar-refractivity contribution < 1.29 is 23.9 Å². The number of thioether (sulfide) groups is 1. The maximum Gasteiger partial charge on any atom is 0.410 e. The third-order valence-electron chi connectivity index (χ3n) is 5.62. The number of hydrogen-bond donors (Lipinski definition) is 1. The SMILES string of the molecule is CC(C)(C)OC(=O)N1CCC[C@H]1CC(=O)NCC(=O)SCC(=O)N1CCCc2ccccc21. The van der Waals surface area contributed by atoms with Crippen LogP contribution in [0.25, 0.3) is 0 Å². The van der Waals surface area contributed by atoms with E-state index in [1.54, 1.807) is 30.6 Å². The van der Waals surface area contributed by atoms with Gasteiger partial charge in [0.1, 0.15) is 5.60 Å². The summed E-state index contributed by atoms with van der Waals surface area (Å²) in [4.78, 5) is 52.9. The average molecular weight is 476 g/mol. The first-order chi connectivity index (χ1) is 15.6. The van der Waals surface area contributed by atoms with E-state index in [-0.39, 0.29) is 41.7 Å². The number of fused-ring (bicyclic) bond motifs is 1. The molecule has 1 atom stereocenters. The van der Waals surface area contributed by atoms with Crippen molar-refractivity contribution in [1.29, 1.82) is 0 Å². The van der Waals surface area contributed by atoms with Crippen molar-refractivity contribution in [3.05, 3.63) is 29.8 Å². The largest absolute Gasteiger partial charge is 0.444 e. The Kier molecular flexibility index (Phi) is 8.40. The molecular weight excluding hydrogens is 442 g/mol. The molecule has 1 fully saturated rings. The van der Waals surface area contributed by atoms with Gasteiger partial charge in [0.15, 0.2) is 0 Å². The van der Waals surface area contributed by atoms with Crippen LogP contribution in [0.3, 0.4) is 0 Å². The lowest BCUT2D eigenvalue weighted by molar-refractivity contribution is -0.123. The maximum absolute atomic E-state index is 12.6. The van der Waals surface area contributed by atoms with Crippen LogP contribution in [0.4, 0.5) is 10.5 Å². The van der Waals surface area contributed by atoms with Crippen LogP contribution < -0.4 is 10.2 Å². The summed E-state index contributed by atoms with van der Waals surface area (Å²) < 4.78 is 5.42. The fraction of sp³-hybridized carbons (Fsp3) is 0.583. The Labute approximate surface area is 199 Å². The normalized spacial score (nSPS) is 18.0. The minimum absolute atomic E-state index is 0.0398. The highest BCUT2D eigenvalue weighted by Crippen LogP contribution is 2.27. The Balaban J connectivity index is 1.40.